The van der Waals surface area contributed by atoms with E-state index in [2.05, 4.69) is 42.1 Å². The van der Waals surface area contributed by atoms with E-state index >= 15 is 0 Å². The summed E-state index contributed by atoms with van der Waals surface area (Å²) in [6.07, 6.45) is 8.33. The molecule has 1 N–H and O–H groups in total. The van der Waals surface area contributed by atoms with E-state index in [9.17, 15) is 0 Å². The molecule has 0 radical (unpaired) electrons. The van der Waals surface area contributed by atoms with Gasteiger partial charge >= 0.3 is 0 Å². The Balaban J connectivity index is 2.25. The van der Waals surface area contributed by atoms with Crippen molar-refractivity contribution in [1.29, 1.82) is 5.41 Å². The van der Waals surface area contributed by atoms with Crippen LogP contribution in [0.15, 0.2) is 59.9 Å². The predicted molar refractivity (Wildman–Crippen MR) is 63.3 cm³/mol. The fourth-order valence-corrected chi connectivity index (χ4v) is 1.68. The van der Waals surface area contributed by atoms with Gasteiger partial charge in [0.25, 0.3) is 0 Å². The largest absolute Gasteiger partial charge is 0.308 e. The highest BCUT2D eigenvalue weighted by atomic mass is 14.3. The van der Waals surface area contributed by atoms with Crippen LogP contribution < -0.4 is 0 Å². The van der Waals surface area contributed by atoms with Crippen LogP contribution in [0, 0.1) is 5.41 Å². The summed E-state index contributed by atoms with van der Waals surface area (Å²) in [5.41, 5.74) is 5.37. The van der Waals surface area contributed by atoms with Crippen molar-refractivity contribution >= 4 is 6.21 Å². The van der Waals surface area contributed by atoms with Gasteiger partial charge < -0.3 is 5.41 Å². The van der Waals surface area contributed by atoms with Gasteiger partial charge in [0.05, 0.1) is 0 Å². The van der Waals surface area contributed by atoms with Crippen LogP contribution in [0.4, 0.5) is 0 Å². The summed E-state index contributed by atoms with van der Waals surface area (Å²) in [5, 5.41) is 7.19. The second-order valence-corrected chi connectivity index (χ2v) is 3.58. The molecule has 0 bridgehead atoms. The summed E-state index contributed by atoms with van der Waals surface area (Å²) in [7, 11) is 0. The van der Waals surface area contributed by atoms with Crippen LogP contribution in [-0.4, -0.2) is 6.21 Å². The van der Waals surface area contributed by atoms with Gasteiger partial charge in [0.1, 0.15) is 0 Å². The molecule has 0 amide bonds. The zero-order chi connectivity index (χ0) is 10.5. The molecule has 0 saturated heterocycles. The fourth-order valence-electron chi connectivity index (χ4n) is 1.68. The first-order valence-corrected chi connectivity index (χ1v) is 5.08. The van der Waals surface area contributed by atoms with E-state index in [1.165, 1.54) is 11.8 Å². The van der Waals surface area contributed by atoms with E-state index in [-0.39, 0.29) is 0 Å². The minimum Gasteiger partial charge on any atom is -0.308 e. The molecule has 1 aliphatic rings. The fraction of sp³-hybridized carbons (Fsp3) is 0.143. The lowest BCUT2D eigenvalue weighted by Gasteiger charge is -2.08. The standard InChI is InChI=1S/C14H13N/c15-11-12-5-4-8-14(10-9-12)13-6-2-1-3-7-13/h1-3,5-9,11,14-15H,10H2. The lowest BCUT2D eigenvalue weighted by molar-refractivity contribution is 0.866. The van der Waals surface area contributed by atoms with Gasteiger partial charge in [-0.15, -0.1) is 5.73 Å². The monoisotopic (exact) mass is 195 g/mol. The molecular weight excluding hydrogens is 182 g/mol. The summed E-state index contributed by atoms with van der Waals surface area (Å²) in [6.45, 7) is 0. The van der Waals surface area contributed by atoms with Gasteiger partial charge in [-0.25, -0.2) is 0 Å². The van der Waals surface area contributed by atoms with Gasteiger partial charge in [0.2, 0.25) is 0 Å². The molecule has 15 heavy (non-hydrogen) atoms. The Morgan fingerprint density at radius 2 is 2.07 bits per heavy atom. The predicted octanol–water partition coefficient (Wildman–Crippen LogP) is 3.46. The number of allylic oxidation sites excluding steroid dienone is 3. The van der Waals surface area contributed by atoms with Gasteiger partial charge in [-0.2, -0.15) is 0 Å². The van der Waals surface area contributed by atoms with Gasteiger partial charge in [-0.1, -0.05) is 36.4 Å². The molecular formula is C14H13N. The molecule has 0 aliphatic heterocycles. The highest BCUT2D eigenvalue weighted by Gasteiger charge is 2.07. The van der Waals surface area contributed by atoms with Crippen LogP contribution in [0.2, 0.25) is 0 Å². The van der Waals surface area contributed by atoms with Crippen LogP contribution in [0.25, 0.3) is 0 Å². The van der Waals surface area contributed by atoms with E-state index in [0.717, 1.165) is 12.0 Å². The van der Waals surface area contributed by atoms with Gasteiger partial charge in [0.15, 0.2) is 0 Å². The van der Waals surface area contributed by atoms with Crippen LogP contribution in [-0.2, 0) is 0 Å². The molecule has 1 atom stereocenters. The minimum absolute atomic E-state index is 0.389. The zero-order valence-corrected chi connectivity index (χ0v) is 8.48. The summed E-state index contributed by atoms with van der Waals surface area (Å²) >= 11 is 0. The third kappa shape index (κ3) is 2.34. The highest BCUT2D eigenvalue weighted by Crippen LogP contribution is 2.23. The first-order valence-electron chi connectivity index (χ1n) is 5.08. The van der Waals surface area contributed by atoms with Gasteiger partial charge in [-0.3, -0.25) is 0 Å². The average molecular weight is 195 g/mol. The lowest BCUT2D eigenvalue weighted by atomic mass is 9.96. The van der Waals surface area contributed by atoms with Crippen molar-refractivity contribution in [3.8, 4) is 0 Å². The summed E-state index contributed by atoms with van der Waals surface area (Å²) in [6, 6.07) is 10.4. The van der Waals surface area contributed by atoms with Crippen LogP contribution >= 0.6 is 0 Å². The van der Waals surface area contributed by atoms with Crippen LogP contribution in [0.5, 0.6) is 0 Å². The van der Waals surface area contributed by atoms with Crippen molar-refractivity contribution in [2.24, 2.45) is 0 Å². The number of hydrogen-bond donors (Lipinski definition) is 1. The molecule has 1 aliphatic carbocycles. The Morgan fingerprint density at radius 1 is 1.27 bits per heavy atom. The highest BCUT2D eigenvalue weighted by molar-refractivity contribution is 5.79. The molecule has 1 unspecified atom stereocenters. The van der Waals surface area contributed by atoms with E-state index in [0.29, 0.717) is 5.92 Å². The summed E-state index contributed by atoms with van der Waals surface area (Å²) in [4.78, 5) is 0. The smallest absolute Gasteiger partial charge is 0.0253 e. The Hall–Kier alpha value is -1.85. The summed E-state index contributed by atoms with van der Waals surface area (Å²) in [5.74, 6) is 0.389. The van der Waals surface area contributed by atoms with Gasteiger partial charge in [0, 0.05) is 12.1 Å². The Morgan fingerprint density at radius 3 is 2.80 bits per heavy atom. The van der Waals surface area contributed by atoms with Crippen molar-refractivity contribution in [2.45, 2.75) is 12.3 Å². The molecule has 0 heterocycles. The lowest BCUT2D eigenvalue weighted by Crippen LogP contribution is -1.92. The molecule has 0 saturated carbocycles. The Kier molecular flexibility index (Phi) is 2.96. The Bertz CT molecular complexity index is 434. The number of nitrogens with one attached hydrogen (secondary N) is 1. The second-order valence-electron chi connectivity index (χ2n) is 3.58. The molecule has 0 aromatic heterocycles. The molecule has 1 aromatic carbocycles. The molecule has 2 rings (SSSR count). The van der Waals surface area contributed by atoms with Crippen molar-refractivity contribution in [2.75, 3.05) is 0 Å². The van der Waals surface area contributed by atoms with Gasteiger partial charge in [-0.05, 0) is 29.7 Å². The first-order chi connectivity index (χ1) is 7.40. The van der Waals surface area contributed by atoms with E-state index in [1.54, 1.807) is 0 Å². The van der Waals surface area contributed by atoms with E-state index in [1.807, 2.05) is 12.1 Å². The molecule has 1 heteroatoms. The number of benzene rings is 1. The van der Waals surface area contributed by atoms with Crippen LogP contribution in [0.3, 0.4) is 0 Å². The topological polar surface area (TPSA) is 23.9 Å². The van der Waals surface area contributed by atoms with Crippen molar-refractivity contribution in [3.05, 3.63) is 65.4 Å². The zero-order valence-electron chi connectivity index (χ0n) is 8.48. The first kappa shape index (κ1) is 9.70. The Labute approximate surface area is 90.0 Å². The van der Waals surface area contributed by atoms with E-state index in [4.69, 9.17) is 5.41 Å². The third-order valence-electron chi connectivity index (χ3n) is 2.55. The van der Waals surface area contributed by atoms with Crippen molar-refractivity contribution < 1.29 is 0 Å². The second kappa shape index (κ2) is 4.59. The van der Waals surface area contributed by atoms with Crippen LogP contribution in [0.1, 0.15) is 17.9 Å². The quantitative estimate of drug-likeness (QED) is 0.552. The normalized spacial score (nSPS) is 19.5. The van der Waals surface area contributed by atoms with E-state index < -0.39 is 0 Å². The SMILES string of the molecule is N=CC1=CCC(c2ccccc2)C=C=C1. The molecule has 1 nitrogen and oxygen atoms in total. The molecule has 74 valence electrons. The maximum absolute atomic E-state index is 7.19. The molecule has 1 aromatic rings. The van der Waals surface area contributed by atoms with Crippen molar-refractivity contribution in [3.63, 3.8) is 0 Å². The molecule has 0 fully saturated rings. The maximum Gasteiger partial charge on any atom is 0.0253 e. The summed E-state index contributed by atoms with van der Waals surface area (Å²) < 4.78 is 0. The maximum atomic E-state index is 7.19. The minimum atomic E-state index is 0.389. The number of rotatable bonds is 2. The average Bonchev–Trinajstić information content (AvgIpc) is 2.55. The number of hydrogen-bond acceptors (Lipinski definition) is 1. The third-order valence-corrected chi connectivity index (χ3v) is 2.55. The molecule has 0 spiro atoms. The van der Waals surface area contributed by atoms with Crippen molar-refractivity contribution in [1.82, 2.24) is 0 Å².